The molecule has 1 aliphatic carbocycles. The molecular weight excluding hydrogens is 206 g/mol. The number of nitrogens with one attached hydrogen (secondary N) is 1. The number of rotatable bonds is 6. The summed E-state index contributed by atoms with van der Waals surface area (Å²) in [6.45, 7) is 5.60. The average Bonchev–Trinajstić information content (AvgIpc) is 2.24. The summed E-state index contributed by atoms with van der Waals surface area (Å²) in [5, 5.41) is 3.65. The Kier molecular flexibility index (Phi) is 4.61. The van der Waals surface area contributed by atoms with Gasteiger partial charge in [-0.05, 0) is 44.7 Å². The van der Waals surface area contributed by atoms with Crippen LogP contribution in [-0.4, -0.2) is 12.6 Å². The van der Waals surface area contributed by atoms with Crippen molar-refractivity contribution >= 4 is 0 Å². The van der Waals surface area contributed by atoms with Crippen LogP contribution in [0.2, 0.25) is 0 Å². The van der Waals surface area contributed by atoms with E-state index in [1.54, 1.807) is 0 Å². The highest BCUT2D eigenvalue weighted by Gasteiger charge is 2.19. The lowest BCUT2D eigenvalue weighted by Gasteiger charge is -2.28. The van der Waals surface area contributed by atoms with Crippen molar-refractivity contribution in [3.05, 3.63) is 35.4 Å². The highest BCUT2D eigenvalue weighted by molar-refractivity contribution is 5.22. The van der Waals surface area contributed by atoms with E-state index >= 15 is 0 Å². The standard InChI is InChI=1S/C16H25N/c1-13-5-3-6-16(11-13)9-10-17-14(2)12-15-7-4-8-15/h3,5-6,11,14-15,17H,4,7-10,12H2,1-2H3. The second-order valence-electron chi connectivity index (χ2n) is 5.63. The van der Waals surface area contributed by atoms with Crippen LogP contribution in [0, 0.1) is 12.8 Å². The molecule has 1 aliphatic rings. The Morgan fingerprint density at radius 2 is 2.18 bits per heavy atom. The molecular formula is C16H25N. The molecule has 0 bridgehead atoms. The van der Waals surface area contributed by atoms with Crippen molar-refractivity contribution in [1.82, 2.24) is 5.32 Å². The van der Waals surface area contributed by atoms with Crippen LogP contribution in [0.25, 0.3) is 0 Å². The van der Waals surface area contributed by atoms with Gasteiger partial charge in [0.25, 0.3) is 0 Å². The molecule has 0 aliphatic heterocycles. The van der Waals surface area contributed by atoms with Gasteiger partial charge in [0.2, 0.25) is 0 Å². The molecule has 1 unspecified atom stereocenters. The normalized spacial score (nSPS) is 17.8. The van der Waals surface area contributed by atoms with Gasteiger partial charge in [0, 0.05) is 6.04 Å². The van der Waals surface area contributed by atoms with Crippen molar-refractivity contribution < 1.29 is 0 Å². The van der Waals surface area contributed by atoms with Crippen LogP contribution < -0.4 is 5.32 Å². The van der Waals surface area contributed by atoms with Crippen molar-refractivity contribution in [2.24, 2.45) is 5.92 Å². The third-order valence-electron chi connectivity index (χ3n) is 3.90. The molecule has 1 N–H and O–H groups in total. The van der Waals surface area contributed by atoms with E-state index in [4.69, 9.17) is 0 Å². The maximum Gasteiger partial charge on any atom is 0.00414 e. The summed E-state index contributed by atoms with van der Waals surface area (Å²) in [6.07, 6.45) is 6.90. The summed E-state index contributed by atoms with van der Waals surface area (Å²) < 4.78 is 0. The minimum Gasteiger partial charge on any atom is -0.314 e. The highest BCUT2D eigenvalue weighted by atomic mass is 14.9. The first-order chi connectivity index (χ1) is 8.24. The van der Waals surface area contributed by atoms with Crippen LogP contribution in [0.5, 0.6) is 0 Å². The van der Waals surface area contributed by atoms with E-state index in [1.165, 1.54) is 36.8 Å². The molecule has 1 fully saturated rings. The lowest BCUT2D eigenvalue weighted by molar-refractivity contribution is 0.266. The van der Waals surface area contributed by atoms with Gasteiger partial charge in [0.05, 0.1) is 0 Å². The molecule has 1 nitrogen and oxygen atoms in total. The fourth-order valence-electron chi connectivity index (χ4n) is 2.64. The third-order valence-corrected chi connectivity index (χ3v) is 3.90. The molecule has 0 heterocycles. The lowest BCUT2D eigenvalue weighted by atomic mass is 9.81. The summed E-state index contributed by atoms with van der Waals surface area (Å²) in [5.41, 5.74) is 2.82. The molecule has 0 spiro atoms. The largest absolute Gasteiger partial charge is 0.314 e. The Hall–Kier alpha value is -0.820. The summed E-state index contributed by atoms with van der Waals surface area (Å²) in [6, 6.07) is 9.52. The molecule has 1 heteroatoms. The van der Waals surface area contributed by atoms with E-state index in [1.807, 2.05) is 0 Å². The molecule has 0 amide bonds. The monoisotopic (exact) mass is 231 g/mol. The smallest absolute Gasteiger partial charge is 0.00414 e. The predicted octanol–water partition coefficient (Wildman–Crippen LogP) is 3.71. The van der Waals surface area contributed by atoms with Gasteiger partial charge in [0.15, 0.2) is 0 Å². The molecule has 1 saturated carbocycles. The maximum absolute atomic E-state index is 3.65. The minimum atomic E-state index is 0.685. The van der Waals surface area contributed by atoms with Crippen LogP contribution in [0.1, 0.15) is 43.7 Å². The SMILES string of the molecule is Cc1cccc(CCNC(C)CC2CCC2)c1. The third kappa shape index (κ3) is 4.16. The first kappa shape index (κ1) is 12.6. The van der Waals surface area contributed by atoms with E-state index in [9.17, 15) is 0 Å². The van der Waals surface area contributed by atoms with Gasteiger partial charge in [-0.25, -0.2) is 0 Å². The summed E-state index contributed by atoms with van der Waals surface area (Å²) in [7, 11) is 0. The number of hydrogen-bond acceptors (Lipinski definition) is 1. The van der Waals surface area contributed by atoms with Gasteiger partial charge in [-0.15, -0.1) is 0 Å². The second-order valence-corrected chi connectivity index (χ2v) is 5.63. The summed E-state index contributed by atoms with van der Waals surface area (Å²) in [5.74, 6) is 1.01. The Morgan fingerprint density at radius 3 is 2.82 bits per heavy atom. The average molecular weight is 231 g/mol. The fourth-order valence-corrected chi connectivity index (χ4v) is 2.64. The van der Waals surface area contributed by atoms with E-state index in [0.29, 0.717) is 6.04 Å². The van der Waals surface area contributed by atoms with Crippen LogP contribution in [0.3, 0.4) is 0 Å². The molecule has 1 aromatic rings. The molecule has 0 aromatic heterocycles. The van der Waals surface area contributed by atoms with Crippen LogP contribution >= 0.6 is 0 Å². The van der Waals surface area contributed by atoms with E-state index < -0.39 is 0 Å². The summed E-state index contributed by atoms with van der Waals surface area (Å²) >= 11 is 0. The van der Waals surface area contributed by atoms with Crippen LogP contribution in [0.4, 0.5) is 0 Å². The van der Waals surface area contributed by atoms with E-state index in [-0.39, 0.29) is 0 Å². The van der Waals surface area contributed by atoms with Gasteiger partial charge in [0.1, 0.15) is 0 Å². The van der Waals surface area contributed by atoms with Gasteiger partial charge in [-0.1, -0.05) is 49.1 Å². The predicted molar refractivity (Wildman–Crippen MR) is 74.3 cm³/mol. The number of benzene rings is 1. The van der Waals surface area contributed by atoms with Gasteiger partial charge in [-0.2, -0.15) is 0 Å². The second kappa shape index (κ2) is 6.20. The van der Waals surface area contributed by atoms with Gasteiger partial charge >= 0.3 is 0 Å². The topological polar surface area (TPSA) is 12.0 Å². The van der Waals surface area contributed by atoms with Crippen LogP contribution in [-0.2, 0) is 6.42 Å². The Labute approximate surface area is 106 Å². The quantitative estimate of drug-likeness (QED) is 0.787. The van der Waals surface area contributed by atoms with Crippen LogP contribution in [0.15, 0.2) is 24.3 Å². The fraction of sp³-hybridized carbons (Fsp3) is 0.625. The highest BCUT2D eigenvalue weighted by Crippen LogP contribution is 2.30. The first-order valence-corrected chi connectivity index (χ1v) is 7.03. The lowest BCUT2D eigenvalue weighted by Crippen LogP contribution is -2.31. The van der Waals surface area contributed by atoms with Crippen molar-refractivity contribution in [1.29, 1.82) is 0 Å². The molecule has 1 aromatic carbocycles. The Bertz CT molecular complexity index is 341. The molecule has 17 heavy (non-hydrogen) atoms. The zero-order valence-electron chi connectivity index (χ0n) is 11.2. The zero-order chi connectivity index (χ0) is 12.1. The minimum absolute atomic E-state index is 0.685. The maximum atomic E-state index is 3.65. The zero-order valence-corrected chi connectivity index (χ0v) is 11.2. The molecule has 0 radical (unpaired) electrons. The Balaban J connectivity index is 1.64. The van der Waals surface area contributed by atoms with Gasteiger partial charge < -0.3 is 5.32 Å². The van der Waals surface area contributed by atoms with E-state index in [2.05, 4.69) is 43.4 Å². The van der Waals surface area contributed by atoms with Crippen molar-refractivity contribution in [2.75, 3.05) is 6.54 Å². The molecule has 1 atom stereocenters. The molecule has 0 saturated heterocycles. The summed E-state index contributed by atoms with van der Waals surface area (Å²) in [4.78, 5) is 0. The molecule has 2 rings (SSSR count). The number of aryl methyl sites for hydroxylation is 1. The van der Waals surface area contributed by atoms with Crippen molar-refractivity contribution in [3.63, 3.8) is 0 Å². The number of hydrogen-bond donors (Lipinski definition) is 1. The van der Waals surface area contributed by atoms with Crippen molar-refractivity contribution in [3.8, 4) is 0 Å². The Morgan fingerprint density at radius 1 is 1.35 bits per heavy atom. The van der Waals surface area contributed by atoms with Crippen molar-refractivity contribution in [2.45, 2.75) is 52.0 Å². The first-order valence-electron chi connectivity index (χ1n) is 7.03. The van der Waals surface area contributed by atoms with E-state index in [0.717, 1.165) is 18.9 Å². The molecule has 94 valence electrons. The van der Waals surface area contributed by atoms with Gasteiger partial charge in [-0.3, -0.25) is 0 Å².